The number of ether oxygens (including phenoxy) is 1. The number of esters is 1. The van der Waals surface area contributed by atoms with E-state index in [4.69, 9.17) is 4.74 Å². The van der Waals surface area contributed by atoms with Gasteiger partial charge in [-0.25, -0.2) is 9.97 Å². The van der Waals surface area contributed by atoms with Crippen molar-refractivity contribution in [1.82, 2.24) is 9.97 Å². The van der Waals surface area contributed by atoms with Crippen molar-refractivity contribution in [3.63, 3.8) is 0 Å². The number of nitrogens with one attached hydrogen (secondary N) is 2. The van der Waals surface area contributed by atoms with Gasteiger partial charge >= 0.3 is 11.7 Å². The van der Waals surface area contributed by atoms with Gasteiger partial charge in [-0.1, -0.05) is 30.3 Å². The van der Waals surface area contributed by atoms with Crippen LogP contribution >= 0.6 is 0 Å². The first-order valence-corrected chi connectivity index (χ1v) is 11.2. The van der Waals surface area contributed by atoms with Crippen LogP contribution in [0.5, 0.6) is 0 Å². The van der Waals surface area contributed by atoms with Crippen LogP contribution < -0.4 is 10.6 Å². The lowest BCUT2D eigenvalue weighted by atomic mass is 10.0. The minimum Gasteiger partial charge on any atom is -0.469 e. The Labute approximate surface area is 201 Å². The van der Waals surface area contributed by atoms with Crippen molar-refractivity contribution < 1.29 is 19.2 Å². The average molecular weight is 476 g/mol. The topological polar surface area (TPSA) is 136 Å². The van der Waals surface area contributed by atoms with E-state index in [1.807, 2.05) is 30.3 Å². The molecule has 1 fully saturated rings. The molecule has 2 atom stereocenters. The molecule has 1 aromatic carbocycles. The molecule has 1 aliphatic rings. The molecule has 10 heteroatoms. The second-order valence-corrected chi connectivity index (χ2v) is 8.36. The van der Waals surface area contributed by atoms with Gasteiger partial charge in [0.1, 0.15) is 5.82 Å². The third kappa shape index (κ3) is 5.43. The minimum atomic E-state index is -0.495. The highest BCUT2D eigenvalue weighted by Gasteiger charge is 2.34. The molecule has 2 heterocycles. The van der Waals surface area contributed by atoms with Crippen LogP contribution in [0.1, 0.15) is 25.0 Å². The number of aryl methyl sites for hydroxylation is 1. The van der Waals surface area contributed by atoms with Gasteiger partial charge in [0.2, 0.25) is 11.7 Å². The Morgan fingerprint density at radius 3 is 2.46 bits per heavy atom. The largest absolute Gasteiger partial charge is 0.469 e. The van der Waals surface area contributed by atoms with Crippen molar-refractivity contribution >= 4 is 34.9 Å². The number of nitro groups is 1. The Morgan fingerprint density at radius 1 is 1.03 bits per heavy atom. The zero-order valence-electron chi connectivity index (χ0n) is 19.4. The number of rotatable bonds is 7. The highest BCUT2D eigenvalue weighted by atomic mass is 16.6. The quantitative estimate of drug-likeness (QED) is 0.287. The van der Waals surface area contributed by atoms with Gasteiger partial charge in [0.05, 0.1) is 35.0 Å². The third-order valence-electron chi connectivity index (χ3n) is 6.07. The highest BCUT2D eigenvalue weighted by molar-refractivity contribution is 5.92. The summed E-state index contributed by atoms with van der Waals surface area (Å²) in [5.74, 6) is -0.572. The minimum absolute atomic E-state index is 0.0952. The zero-order chi connectivity index (χ0) is 24.9. The van der Waals surface area contributed by atoms with Gasteiger partial charge in [-0.15, -0.1) is 0 Å². The number of benzene rings is 1. The van der Waals surface area contributed by atoms with Gasteiger partial charge in [0.25, 0.3) is 0 Å². The van der Waals surface area contributed by atoms with Crippen LogP contribution in [0.25, 0.3) is 11.3 Å². The Hall–Kier alpha value is -4.34. The van der Waals surface area contributed by atoms with Gasteiger partial charge in [0.15, 0.2) is 0 Å². The van der Waals surface area contributed by atoms with Crippen LogP contribution in [-0.4, -0.2) is 33.9 Å². The van der Waals surface area contributed by atoms with E-state index in [-0.39, 0.29) is 35.2 Å². The van der Waals surface area contributed by atoms with E-state index < -0.39 is 4.92 Å². The fourth-order valence-electron chi connectivity index (χ4n) is 4.18. The van der Waals surface area contributed by atoms with Gasteiger partial charge in [-0.2, -0.15) is 0 Å². The number of methoxy groups -OCH3 is 1. The molecule has 180 valence electrons. The molecule has 0 radical (unpaired) electrons. The standard InChI is InChI=1S/C25H25N5O5/c1-15-19(11-13-22(26-15)29-24(31)17-8-9-18(14-17)25(32)35-2)27-23-21(30(33)34)12-10-20(28-23)16-6-4-3-5-7-16/h3-7,10-13,17-18H,8-9,14H2,1-2H3,(H,27,28)(H,26,29,31). The number of carbonyl (C=O) groups is 2. The lowest BCUT2D eigenvalue weighted by Crippen LogP contribution is -2.22. The van der Waals surface area contributed by atoms with Crippen molar-refractivity contribution in [3.05, 3.63) is 70.4 Å². The summed E-state index contributed by atoms with van der Waals surface area (Å²) in [6.45, 7) is 1.73. The molecule has 3 aromatic rings. The maximum absolute atomic E-state index is 12.6. The Morgan fingerprint density at radius 2 is 1.77 bits per heavy atom. The van der Waals surface area contributed by atoms with Gasteiger partial charge in [0, 0.05) is 17.5 Å². The van der Waals surface area contributed by atoms with Crippen LogP contribution in [0.3, 0.4) is 0 Å². The van der Waals surface area contributed by atoms with Gasteiger partial charge in [-0.05, 0) is 44.4 Å². The maximum Gasteiger partial charge on any atom is 0.311 e. The molecule has 0 saturated heterocycles. The molecule has 0 bridgehead atoms. The first-order valence-electron chi connectivity index (χ1n) is 11.2. The van der Waals surface area contributed by atoms with Gasteiger partial charge in [-0.3, -0.25) is 19.7 Å². The summed E-state index contributed by atoms with van der Waals surface area (Å²) in [7, 11) is 1.35. The normalized spacial score (nSPS) is 17.0. The summed E-state index contributed by atoms with van der Waals surface area (Å²) >= 11 is 0. The third-order valence-corrected chi connectivity index (χ3v) is 6.07. The van der Waals surface area contributed by atoms with Crippen LogP contribution in [0.2, 0.25) is 0 Å². The Balaban J connectivity index is 1.50. The number of nitrogens with zero attached hydrogens (tertiary/aromatic N) is 3. The number of hydrogen-bond acceptors (Lipinski definition) is 8. The monoisotopic (exact) mass is 475 g/mol. The molecule has 2 N–H and O–H groups in total. The molecule has 2 aromatic heterocycles. The number of amides is 1. The van der Waals surface area contributed by atoms with E-state index in [0.29, 0.717) is 42.2 Å². The summed E-state index contributed by atoms with van der Waals surface area (Å²) in [5, 5.41) is 17.4. The van der Waals surface area contributed by atoms with Crippen molar-refractivity contribution in [2.45, 2.75) is 26.2 Å². The molecular formula is C25H25N5O5. The average Bonchev–Trinajstić information content (AvgIpc) is 3.36. The Kier molecular flexibility index (Phi) is 7.00. The maximum atomic E-state index is 12.6. The van der Waals surface area contributed by atoms with Crippen molar-refractivity contribution in [3.8, 4) is 11.3 Å². The second-order valence-electron chi connectivity index (χ2n) is 8.36. The first-order chi connectivity index (χ1) is 16.9. The van der Waals surface area contributed by atoms with E-state index in [9.17, 15) is 19.7 Å². The van der Waals surface area contributed by atoms with E-state index in [2.05, 4.69) is 20.6 Å². The Bertz CT molecular complexity index is 1260. The van der Waals surface area contributed by atoms with E-state index in [1.165, 1.54) is 13.2 Å². The van der Waals surface area contributed by atoms with E-state index >= 15 is 0 Å². The molecule has 10 nitrogen and oxygen atoms in total. The van der Waals surface area contributed by atoms with E-state index in [1.54, 1.807) is 25.1 Å². The lowest BCUT2D eigenvalue weighted by Gasteiger charge is -2.13. The first kappa shape index (κ1) is 23.8. The molecule has 4 rings (SSSR count). The molecule has 2 unspecified atom stereocenters. The van der Waals surface area contributed by atoms with Crippen LogP contribution in [0.15, 0.2) is 54.6 Å². The fourth-order valence-corrected chi connectivity index (χ4v) is 4.18. The number of hydrogen-bond donors (Lipinski definition) is 2. The summed E-state index contributed by atoms with van der Waals surface area (Å²) in [4.78, 5) is 44.3. The highest BCUT2D eigenvalue weighted by Crippen LogP contribution is 2.33. The van der Waals surface area contributed by atoms with Crippen molar-refractivity contribution in [2.75, 3.05) is 17.7 Å². The smallest absolute Gasteiger partial charge is 0.311 e. The van der Waals surface area contributed by atoms with Crippen LogP contribution in [0, 0.1) is 28.9 Å². The van der Waals surface area contributed by atoms with Crippen molar-refractivity contribution in [1.29, 1.82) is 0 Å². The lowest BCUT2D eigenvalue weighted by molar-refractivity contribution is -0.384. The summed E-state index contributed by atoms with van der Waals surface area (Å²) in [6.07, 6.45) is 1.68. The molecule has 0 aliphatic heterocycles. The fraction of sp³-hybridized carbons (Fsp3) is 0.280. The van der Waals surface area contributed by atoms with Crippen LogP contribution in [0.4, 0.5) is 23.0 Å². The molecule has 1 saturated carbocycles. The number of anilines is 3. The summed E-state index contributed by atoms with van der Waals surface area (Å²) in [5.41, 5.74) is 2.32. The predicted molar refractivity (Wildman–Crippen MR) is 130 cm³/mol. The van der Waals surface area contributed by atoms with Gasteiger partial charge < -0.3 is 15.4 Å². The second kappa shape index (κ2) is 10.3. The SMILES string of the molecule is COC(=O)C1CCC(C(=O)Nc2ccc(Nc3nc(-c4ccccc4)ccc3[N+](=O)[O-])c(C)n2)C1. The zero-order valence-corrected chi connectivity index (χ0v) is 19.4. The van der Waals surface area contributed by atoms with Crippen LogP contribution in [-0.2, 0) is 14.3 Å². The molecule has 0 spiro atoms. The summed E-state index contributed by atoms with van der Waals surface area (Å²) in [6, 6.07) is 15.7. The molecular weight excluding hydrogens is 450 g/mol. The molecule has 1 amide bonds. The predicted octanol–water partition coefficient (Wildman–Crippen LogP) is 4.63. The molecule has 1 aliphatic carbocycles. The number of carbonyl (C=O) groups excluding carboxylic acids is 2. The number of aromatic nitrogens is 2. The van der Waals surface area contributed by atoms with Crippen molar-refractivity contribution in [2.24, 2.45) is 11.8 Å². The number of pyridine rings is 2. The molecule has 35 heavy (non-hydrogen) atoms. The summed E-state index contributed by atoms with van der Waals surface area (Å²) < 4.78 is 4.78. The van der Waals surface area contributed by atoms with E-state index in [0.717, 1.165) is 5.56 Å².